The third-order valence-electron chi connectivity index (χ3n) is 3.29. The van der Waals surface area contributed by atoms with Crippen molar-refractivity contribution in [1.82, 2.24) is 10.2 Å². The van der Waals surface area contributed by atoms with Crippen molar-refractivity contribution in [3.63, 3.8) is 0 Å². The molecule has 0 aliphatic rings. The molecule has 9 nitrogen and oxygen atoms in total. The van der Waals surface area contributed by atoms with Gasteiger partial charge in [-0.3, -0.25) is 20.0 Å². The number of carbonyl (C=O) groups excluding carboxylic acids is 1. The van der Waals surface area contributed by atoms with Crippen LogP contribution in [0, 0.1) is 10.1 Å². The van der Waals surface area contributed by atoms with Gasteiger partial charge >= 0.3 is 5.97 Å². The number of carboxylic acid groups (broad SMARTS) is 1. The molecule has 0 spiro atoms. The number of thiophene rings is 1. The van der Waals surface area contributed by atoms with Crippen molar-refractivity contribution in [2.75, 3.05) is 5.32 Å². The van der Waals surface area contributed by atoms with Crippen LogP contribution < -0.4 is 5.32 Å². The second-order valence-corrected chi connectivity index (χ2v) is 5.81. The second-order valence-electron chi connectivity index (χ2n) is 4.87. The van der Waals surface area contributed by atoms with Crippen molar-refractivity contribution in [1.29, 1.82) is 0 Å². The van der Waals surface area contributed by atoms with Gasteiger partial charge in [-0.2, -0.15) is 5.10 Å². The van der Waals surface area contributed by atoms with E-state index in [9.17, 15) is 24.8 Å². The molecule has 3 aromatic rings. The fraction of sp³-hybridized carbons (Fsp3) is 0. The van der Waals surface area contributed by atoms with Gasteiger partial charge in [0.1, 0.15) is 5.69 Å². The lowest BCUT2D eigenvalue weighted by Crippen LogP contribution is -2.14. The van der Waals surface area contributed by atoms with E-state index >= 15 is 0 Å². The van der Waals surface area contributed by atoms with Crippen molar-refractivity contribution >= 4 is 34.6 Å². The highest BCUT2D eigenvalue weighted by molar-refractivity contribution is 7.13. The Morgan fingerprint density at radius 2 is 2.08 bits per heavy atom. The number of hydrogen-bond acceptors (Lipinski definition) is 6. The van der Waals surface area contributed by atoms with Gasteiger partial charge in [-0.05, 0) is 17.5 Å². The fourth-order valence-electron chi connectivity index (χ4n) is 2.16. The number of carboxylic acids is 1. The van der Waals surface area contributed by atoms with E-state index in [0.29, 0.717) is 10.6 Å². The zero-order valence-corrected chi connectivity index (χ0v) is 13.2. The summed E-state index contributed by atoms with van der Waals surface area (Å²) in [5, 5.41) is 30.7. The van der Waals surface area contributed by atoms with Crippen LogP contribution in [0.4, 0.5) is 11.4 Å². The van der Waals surface area contributed by atoms with Crippen LogP contribution in [0.5, 0.6) is 0 Å². The number of benzene rings is 1. The van der Waals surface area contributed by atoms with Gasteiger partial charge in [-0.1, -0.05) is 12.1 Å². The van der Waals surface area contributed by atoms with Crippen molar-refractivity contribution in [3.8, 4) is 10.6 Å². The highest BCUT2D eigenvalue weighted by Gasteiger charge is 2.23. The number of nitrogens with zero attached hydrogens (tertiary/aromatic N) is 2. The number of aromatic nitrogens is 2. The molecule has 0 aliphatic heterocycles. The first-order chi connectivity index (χ1) is 12.0. The van der Waals surface area contributed by atoms with E-state index in [4.69, 9.17) is 0 Å². The van der Waals surface area contributed by atoms with E-state index in [1.807, 2.05) is 0 Å². The van der Waals surface area contributed by atoms with E-state index in [0.717, 1.165) is 6.07 Å². The molecule has 0 saturated carbocycles. The van der Waals surface area contributed by atoms with Crippen molar-refractivity contribution in [3.05, 3.63) is 63.1 Å². The Kier molecular flexibility index (Phi) is 4.27. The second kappa shape index (κ2) is 6.53. The number of aromatic carboxylic acids is 1. The standard InChI is InChI=1S/C15H10N4O5S/c20-14(8-3-1-4-9(7-8)19(23)24)16-12-11(10-5-2-6-25-10)17-18-13(12)15(21)22/h1-7H,(H,16,20)(H,17,18)(H,21,22). The predicted molar refractivity (Wildman–Crippen MR) is 89.9 cm³/mol. The summed E-state index contributed by atoms with van der Waals surface area (Å²) in [6.45, 7) is 0. The van der Waals surface area contributed by atoms with E-state index in [1.165, 1.54) is 29.5 Å². The molecule has 0 unspecified atom stereocenters. The minimum atomic E-state index is -1.31. The number of anilines is 1. The van der Waals surface area contributed by atoms with Crippen LogP contribution in [0.3, 0.4) is 0 Å². The largest absolute Gasteiger partial charge is 0.476 e. The van der Waals surface area contributed by atoms with Crippen LogP contribution in [-0.4, -0.2) is 32.1 Å². The van der Waals surface area contributed by atoms with Crippen molar-refractivity contribution < 1.29 is 19.6 Å². The average Bonchev–Trinajstić information content (AvgIpc) is 3.24. The van der Waals surface area contributed by atoms with Gasteiger partial charge in [0, 0.05) is 17.7 Å². The molecule has 126 valence electrons. The Balaban J connectivity index is 1.98. The summed E-state index contributed by atoms with van der Waals surface area (Å²) in [7, 11) is 0. The number of carbonyl (C=O) groups is 2. The van der Waals surface area contributed by atoms with Crippen molar-refractivity contribution in [2.45, 2.75) is 0 Å². The summed E-state index contributed by atoms with van der Waals surface area (Å²) in [6, 6.07) is 8.66. The average molecular weight is 358 g/mol. The minimum Gasteiger partial charge on any atom is -0.476 e. The molecule has 0 saturated heterocycles. The van der Waals surface area contributed by atoms with Gasteiger partial charge in [-0.15, -0.1) is 11.3 Å². The maximum absolute atomic E-state index is 12.4. The van der Waals surface area contributed by atoms with E-state index < -0.39 is 16.8 Å². The van der Waals surface area contributed by atoms with Crippen LogP contribution in [0.2, 0.25) is 0 Å². The molecule has 0 atom stereocenters. The SMILES string of the molecule is O=C(Nc1c(C(=O)O)n[nH]c1-c1cccs1)c1cccc([N+](=O)[O-])c1. The van der Waals surface area contributed by atoms with Gasteiger partial charge in [-0.25, -0.2) is 4.79 Å². The first-order valence-corrected chi connectivity index (χ1v) is 7.76. The number of nitro benzene ring substituents is 1. The molecule has 0 bridgehead atoms. The summed E-state index contributed by atoms with van der Waals surface area (Å²) in [4.78, 5) is 34.7. The summed E-state index contributed by atoms with van der Waals surface area (Å²) in [5.41, 5.74) is -0.194. The van der Waals surface area contributed by atoms with Crippen LogP contribution >= 0.6 is 11.3 Å². The Morgan fingerprint density at radius 3 is 2.72 bits per heavy atom. The number of hydrogen-bond donors (Lipinski definition) is 3. The summed E-state index contributed by atoms with van der Waals surface area (Å²) in [6.07, 6.45) is 0. The van der Waals surface area contributed by atoms with Crippen LogP contribution in [0.15, 0.2) is 41.8 Å². The monoisotopic (exact) mass is 358 g/mol. The normalized spacial score (nSPS) is 10.4. The Morgan fingerprint density at radius 1 is 1.28 bits per heavy atom. The van der Waals surface area contributed by atoms with E-state index in [1.54, 1.807) is 17.5 Å². The van der Waals surface area contributed by atoms with Gasteiger partial charge < -0.3 is 10.4 Å². The lowest BCUT2D eigenvalue weighted by atomic mass is 10.1. The lowest BCUT2D eigenvalue weighted by molar-refractivity contribution is -0.384. The molecule has 2 heterocycles. The minimum absolute atomic E-state index is 0.00598. The maximum atomic E-state index is 12.4. The van der Waals surface area contributed by atoms with Gasteiger partial charge in [0.25, 0.3) is 11.6 Å². The first-order valence-electron chi connectivity index (χ1n) is 6.88. The van der Waals surface area contributed by atoms with Crippen molar-refractivity contribution in [2.24, 2.45) is 0 Å². The molecule has 1 aromatic carbocycles. The summed E-state index contributed by atoms with van der Waals surface area (Å²) >= 11 is 1.34. The van der Waals surface area contributed by atoms with Crippen LogP contribution in [-0.2, 0) is 0 Å². The number of rotatable bonds is 5. The Labute approximate surface area is 144 Å². The van der Waals surface area contributed by atoms with Gasteiger partial charge in [0.15, 0.2) is 5.69 Å². The molecule has 0 aliphatic carbocycles. The summed E-state index contributed by atoms with van der Waals surface area (Å²) in [5.74, 6) is -1.99. The third kappa shape index (κ3) is 3.23. The zero-order valence-electron chi connectivity index (χ0n) is 12.4. The molecule has 0 radical (unpaired) electrons. The number of aromatic amines is 1. The molecule has 10 heteroatoms. The number of nitro groups is 1. The highest BCUT2D eigenvalue weighted by atomic mass is 32.1. The quantitative estimate of drug-likeness (QED) is 0.473. The highest BCUT2D eigenvalue weighted by Crippen LogP contribution is 2.32. The van der Waals surface area contributed by atoms with E-state index in [-0.39, 0.29) is 22.6 Å². The molecular formula is C15H10N4O5S. The number of nitrogens with one attached hydrogen (secondary N) is 2. The molecule has 3 N–H and O–H groups in total. The molecule has 3 rings (SSSR count). The Bertz CT molecular complexity index is 964. The number of amides is 1. The summed E-state index contributed by atoms with van der Waals surface area (Å²) < 4.78 is 0. The smallest absolute Gasteiger partial charge is 0.358 e. The predicted octanol–water partition coefficient (Wildman–Crippen LogP) is 3.00. The maximum Gasteiger partial charge on any atom is 0.358 e. The molecule has 25 heavy (non-hydrogen) atoms. The number of H-pyrrole nitrogens is 1. The Hall–Kier alpha value is -3.53. The zero-order chi connectivity index (χ0) is 18.0. The molecular weight excluding hydrogens is 348 g/mol. The van der Waals surface area contributed by atoms with Crippen LogP contribution in [0.25, 0.3) is 10.6 Å². The van der Waals surface area contributed by atoms with Gasteiger partial charge in [0.05, 0.1) is 15.5 Å². The van der Waals surface area contributed by atoms with Crippen LogP contribution in [0.1, 0.15) is 20.8 Å². The molecule has 0 fully saturated rings. The molecule has 2 aromatic heterocycles. The fourth-order valence-corrected chi connectivity index (χ4v) is 2.89. The molecule has 1 amide bonds. The number of non-ortho nitro benzene ring substituents is 1. The van der Waals surface area contributed by atoms with Gasteiger partial charge in [0.2, 0.25) is 0 Å². The third-order valence-corrected chi connectivity index (χ3v) is 4.18. The topological polar surface area (TPSA) is 138 Å². The van der Waals surface area contributed by atoms with E-state index in [2.05, 4.69) is 15.5 Å². The lowest BCUT2D eigenvalue weighted by Gasteiger charge is -2.06. The first kappa shape index (κ1) is 16.3.